The molecule has 4 aliphatic rings. The van der Waals surface area contributed by atoms with E-state index in [9.17, 15) is 19.5 Å². The first-order chi connectivity index (χ1) is 16.8. The topological polar surface area (TPSA) is 92.7 Å². The van der Waals surface area contributed by atoms with Gasteiger partial charge in [0.05, 0.1) is 11.5 Å². The van der Waals surface area contributed by atoms with Gasteiger partial charge < -0.3 is 15.2 Å². The van der Waals surface area contributed by atoms with E-state index in [2.05, 4.69) is 19.2 Å². The van der Waals surface area contributed by atoms with Crippen molar-refractivity contribution in [2.45, 2.75) is 109 Å². The maximum Gasteiger partial charge on any atom is 0.309 e. The molecule has 6 heteroatoms. The van der Waals surface area contributed by atoms with Crippen molar-refractivity contribution in [2.75, 3.05) is 0 Å². The number of aliphatic hydroxyl groups is 1. The molecule has 0 aromatic rings. The first-order valence-corrected chi connectivity index (χ1v) is 14.0. The lowest BCUT2D eigenvalue weighted by Gasteiger charge is -2.33. The number of allylic oxidation sites excluding steroid dienone is 2. The number of fused-ring (bicyclic) bond motifs is 1. The van der Waals surface area contributed by atoms with E-state index in [-0.39, 0.29) is 41.6 Å². The van der Waals surface area contributed by atoms with Crippen LogP contribution < -0.4 is 5.32 Å². The number of hydrogen-bond donors (Lipinski definition) is 2. The normalized spacial score (nSPS) is 34.7. The number of ketones is 1. The number of amides is 1. The first kappa shape index (κ1) is 26.0. The third-order valence-corrected chi connectivity index (χ3v) is 8.99. The third kappa shape index (κ3) is 6.37. The minimum Gasteiger partial charge on any atom is -0.503 e. The third-order valence-electron chi connectivity index (χ3n) is 8.99. The minimum absolute atomic E-state index is 0.0120. The Kier molecular flexibility index (Phi) is 8.72. The number of rotatable bonds is 7. The van der Waals surface area contributed by atoms with Crippen molar-refractivity contribution < 1.29 is 24.2 Å². The highest BCUT2D eigenvalue weighted by atomic mass is 16.6. The zero-order valence-electron chi connectivity index (χ0n) is 21.5. The SMILES string of the molecule is CC1CCC(NC(=O)/C(O)=C(\C[C@@H]2OC(=O)C3CCCCC32)C(=O)/C=C/C2CCCCC2)C(C)C1. The number of aliphatic hydroxyl groups excluding tert-OH is 1. The smallest absolute Gasteiger partial charge is 0.309 e. The van der Waals surface area contributed by atoms with E-state index in [1.54, 1.807) is 0 Å². The van der Waals surface area contributed by atoms with Gasteiger partial charge in [-0.15, -0.1) is 0 Å². The second-order valence-corrected chi connectivity index (χ2v) is 11.7. The van der Waals surface area contributed by atoms with Crippen molar-refractivity contribution in [3.8, 4) is 0 Å². The Bertz CT molecular complexity index is 855. The Labute approximate surface area is 209 Å². The van der Waals surface area contributed by atoms with E-state index >= 15 is 0 Å². The Morgan fingerprint density at radius 3 is 2.46 bits per heavy atom. The van der Waals surface area contributed by atoms with E-state index in [1.807, 2.05) is 6.08 Å². The molecular formula is C29H43NO5. The van der Waals surface area contributed by atoms with Crippen molar-refractivity contribution in [3.63, 3.8) is 0 Å². The van der Waals surface area contributed by atoms with Crippen LogP contribution in [0.3, 0.4) is 0 Å². The van der Waals surface area contributed by atoms with Crippen LogP contribution in [0.2, 0.25) is 0 Å². The molecule has 0 spiro atoms. The van der Waals surface area contributed by atoms with Gasteiger partial charge in [-0.05, 0) is 68.8 Å². The highest BCUT2D eigenvalue weighted by molar-refractivity contribution is 6.09. The predicted molar refractivity (Wildman–Crippen MR) is 134 cm³/mol. The standard InChI is InChI=1S/C29H43NO5/c1-18-12-14-24(19(2)16-18)30-28(33)27(32)23(25(31)15-13-20-8-4-3-5-9-20)17-26-21-10-6-7-11-22(21)29(34)35-26/h13,15,18-22,24,26,32H,3-12,14,16-17H2,1-2H3,(H,30,33)/b15-13+,27-23-/t18?,19?,21?,22?,24?,26-/m0/s1. The summed E-state index contributed by atoms with van der Waals surface area (Å²) in [6.45, 7) is 4.35. The average molecular weight is 486 g/mol. The zero-order chi connectivity index (χ0) is 24.9. The molecule has 3 saturated carbocycles. The highest BCUT2D eigenvalue weighted by Gasteiger charge is 2.46. The van der Waals surface area contributed by atoms with Gasteiger partial charge in [0.15, 0.2) is 11.5 Å². The molecule has 5 unspecified atom stereocenters. The van der Waals surface area contributed by atoms with Crippen LogP contribution in [0.25, 0.3) is 0 Å². The van der Waals surface area contributed by atoms with Crippen LogP contribution in [0, 0.1) is 29.6 Å². The molecular weight excluding hydrogens is 442 g/mol. The molecule has 1 saturated heterocycles. The molecule has 6 nitrogen and oxygen atoms in total. The lowest BCUT2D eigenvalue weighted by atomic mass is 9.76. The highest BCUT2D eigenvalue weighted by Crippen LogP contribution is 2.42. The number of cyclic esters (lactones) is 1. The zero-order valence-corrected chi connectivity index (χ0v) is 21.5. The van der Waals surface area contributed by atoms with E-state index in [4.69, 9.17) is 4.74 Å². The molecule has 0 aromatic heterocycles. The van der Waals surface area contributed by atoms with Crippen molar-refractivity contribution in [3.05, 3.63) is 23.5 Å². The number of ether oxygens (including phenoxy) is 1. The summed E-state index contributed by atoms with van der Waals surface area (Å²) in [5, 5.41) is 14.0. The summed E-state index contributed by atoms with van der Waals surface area (Å²) < 4.78 is 5.70. The molecule has 0 aromatic carbocycles. The summed E-state index contributed by atoms with van der Waals surface area (Å²) in [7, 11) is 0. The predicted octanol–water partition coefficient (Wildman–Crippen LogP) is 5.57. The molecule has 35 heavy (non-hydrogen) atoms. The molecule has 4 rings (SSSR count). The molecule has 194 valence electrons. The number of nitrogens with one attached hydrogen (secondary N) is 1. The molecule has 4 fully saturated rings. The van der Waals surface area contributed by atoms with E-state index in [0.717, 1.165) is 57.8 Å². The van der Waals surface area contributed by atoms with Gasteiger partial charge in [-0.3, -0.25) is 14.4 Å². The molecule has 3 aliphatic carbocycles. The fourth-order valence-corrected chi connectivity index (χ4v) is 6.83. The molecule has 1 amide bonds. The lowest BCUT2D eigenvalue weighted by molar-refractivity contribution is -0.144. The van der Waals surface area contributed by atoms with E-state index in [1.165, 1.54) is 25.3 Å². The summed E-state index contributed by atoms with van der Waals surface area (Å²) in [4.78, 5) is 38.9. The number of carbonyl (C=O) groups is 3. The molecule has 1 heterocycles. The summed E-state index contributed by atoms with van der Waals surface area (Å²) in [6.07, 6.45) is 15.5. The van der Waals surface area contributed by atoms with Crippen LogP contribution in [-0.2, 0) is 19.1 Å². The lowest BCUT2D eigenvalue weighted by Crippen LogP contribution is -2.43. The van der Waals surface area contributed by atoms with Crippen molar-refractivity contribution in [1.29, 1.82) is 0 Å². The number of esters is 1. The summed E-state index contributed by atoms with van der Waals surface area (Å²) in [5.41, 5.74) is 0.0791. The van der Waals surface area contributed by atoms with Crippen LogP contribution in [-0.4, -0.2) is 34.9 Å². The van der Waals surface area contributed by atoms with Crippen LogP contribution in [0.4, 0.5) is 0 Å². The maximum absolute atomic E-state index is 13.3. The minimum atomic E-state index is -0.588. The summed E-state index contributed by atoms with van der Waals surface area (Å²) in [5.74, 6) is -0.394. The van der Waals surface area contributed by atoms with Gasteiger partial charge in [-0.25, -0.2) is 0 Å². The Hall–Kier alpha value is -2.11. The first-order valence-electron chi connectivity index (χ1n) is 14.0. The molecule has 0 radical (unpaired) electrons. The number of carbonyl (C=O) groups excluding carboxylic acids is 3. The number of hydrogen-bond acceptors (Lipinski definition) is 5. The van der Waals surface area contributed by atoms with Gasteiger partial charge in [0.1, 0.15) is 6.10 Å². The summed E-state index contributed by atoms with van der Waals surface area (Å²) in [6, 6.07) is -0.0120. The van der Waals surface area contributed by atoms with Crippen LogP contribution in [0.1, 0.15) is 97.3 Å². The Morgan fingerprint density at radius 1 is 1.00 bits per heavy atom. The van der Waals surface area contributed by atoms with Gasteiger partial charge in [0.2, 0.25) is 0 Å². The molecule has 2 N–H and O–H groups in total. The fourth-order valence-electron chi connectivity index (χ4n) is 6.83. The van der Waals surface area contributed by atoms with Crippen molar-refractivity contribution >= 4 is 17.7 Å². The second kappa shape index (κ2) is 11.7. The van der Waals surface area contributed by atoms with Gasteiger partial charge >= 0.3 is 5.97 Å². The van der Waals surface area contributed by atoms with E-state index in [0.29, 0.717) is 17.8 Å². The van der Waals surface area contributed by atoms with Crippen LogP contribution >= 0.6 is 0 Å². The van der Waals surface area contributed by atoms with Crippen molar-refractivity contribution in [1.82, 2.24) is 5.32 Å². The van der Waals surface area contributed by atoms with E-state index < -0.39 is 17.8 Å². The van der Waals surface area contributed by atoms with Gasteiger partial charge in [0, 0.05) is 18.4 Å². The molecule has 1 aliphatic heterocycles. The molecule has 6 atom stereocenters. The van der Waals surface area contributed by atoms with Gasteiger partial charge in [-0.1, -0.05) is 52.0 Å². The summed E-state index contributed by atoms with van der Waals surface area (Å²) >= 11 is 0. The molecule has 0 bridgehead atoms. The van der Waals surface area contributed by atoms with Crippen LogP contribution in [0.5, 0.6) is 0 Å². The fraction of sp³-hybridized carbons (Fsp3) is 0.759. The average Bonchev–Trinajstić information content (AvgIpc) is 3.18. The second-order valence-electron chi connectivity index (χ2n) is 11.7. The van der Waals surface area contributed by atoms with Gasteiger partial charge in [-0.2, -0.15) is 0 Å². The maximum atomic E-state index is 13.3. The Morgan fingerprint density at radius 2 is 1.71 bits per heavy atom. The van der Waals surface area contributed by atoms with Gasteiger partial charge in [0.25, 0.3) is 5.91 Å². The quantitative estimate of drug-likeness (QED) is 0.279. The van der Waals surface area contributed by atoms with Crippen LogP contribution in [0.15, 0.2) is 23.5 Å². The monoisotopic (exact) mass is 485 g/mol. The largest absolute Gasteiger partial charge is 0.503 e. The van der Waals surface area contributed by atoms with Crippen molar-refractivity contribution in [2.24, 2.45) is 29.6 Å². The Balaban J connectivity index is 1.52.